The molecule has 0 aliphatic heterocycles. The van der Waals surface area contributed by atoms with Crippen LogP contribution in [0.2, 0.25) is 0 Å². The first-order valence-corrected chi connectivity index (χ1v) is 2.84. The van der Waals surface area contributed by atoms with E-state index in [1.54, 1.807) is 0 Å². The average molecular weight is 112 g/mol. The van der Waals surface area contributed by atoms with Gasteiger partial charge in [0.25, 0.3) is 0 Å². The fourth-order valence-corrected chi connectivity index (χ4v) is 1.60. The molecular formula is C6H8O2. The number of hydrogen-bond donors (Lipinski definition) is 1. The molecule has 0 atom stereocenters. The van der Waals surface area contributed by atoms with E-state index in [1.165, 1.54) is 0 Å². The van der Waals surface area contributed by atoms with Crippen LogP contribution >= 0.6 is 0 Å². The van der Waals surface area contributed by atoms with Crippen molar-refractivity contribution in [3.63, 3.8) is 0 Å². The minimum absolute atomic E-state index is 0.229. The molecule has 0 aromatic rings. The Morgan fingerprint density at radius 3 is 2.00 bits per heavy atom. The maximum Gasteiger partial charge on any atom is 0.310 e. The zero-order valence-corrected chi connectivity index (χ0v) is 4.77. The van der Waals surface area contributed by atoms with Crippen molar-refractivity contribution in [2.24, 2.45) is 10.8 Å². The Kier molecular flexibility index (Phi) is 0.389. The smallest absolute Gasteiger partial charge is 0.310 e. The van der Waals surface area contributed by atoms with Gasteiger partial charge in [-0.15, -0.1) is 0 Å². The number of hydrogen-bond acceptors (Lipinski definition) is 1. The van der Waals surface area contributed by atoms with Gasteiger partial charge in [0.05, 0.1) is 5.41 Å². The predicted molar refractivity (Wildman–Crippen MR) is 27.4 cm³/mol. The molecule has 1 N–H and O–H groups in total. The number of carboxylic acid groups (broad SMARTS) is 1. The van der Waals surface area contributed by atoms with Crippen LogP contribution < -0.4 is 0 Å². The van der Waals surface area contributed by atoms with Gasteiger partial charge in [0.2, 0.25) is 0 Å². The summed E-state index contributed by atoms with van der Waals surface area (Å²) in [6, 6.07) is 0. The summed E-state index contributed by atoms with van der Waals surface area (Å²) >= 11 is 0. The molecule has 0 aromatic carbocycles. The molecule has 0 spiro atoms. The summed E-state index contributed by atoms with van der Waals surface area (Å²) < 4.78 is 0. The minimum atomic E-state index is -0.583. The summed E-state index contributed by atoms with van der Waals surface area (Å²) in [6.45, 7) is 2.04. The van der Waals surface area contributed by atoms with E-state index in [0.29, 0.717) is 0 Å². The summed E-state index contributed by atoms with van der Waals surface area (Å²) in [5, 5.41) is 8.52. The molecule has 0 heterocycles. The molecule has 0 unspecified atom stereocenters. The first kappa shape index (κ1) is 4.36. The predicted octanol–water partition coefficient (Wildman–Crippen LogP) is 0.871. The van der Waals surface area contributed by atoms with E-state index >= 15 is 0 Å². The quantitative estimate of drug-likeness (QED) is 0.546. The lowest BCUT2D eigenvalue weighted by Crippen LogP contribution is -2.03. The molecule has 2 heteroatoms. The van der Waals surface area contributed by atoms with Crippen LogP contribution in [0.1, 0.15) is 19.8 Å². The molecule has 8 heavy (non-hydrogen) atoms. The Bertz CT molecular complexity index is 165. The summed E-state index contributed by atoms with van der Waals surface area (Å²) in [4.78, 5) is 10.3. The fourth-order valence-electron chi connectivity index (χ4n) is 1.60. The van der Waals surface area contributed by atoms with Gasteiger partial charge in [0, 0.05) is 0 Å². The van der Waals surface area contributed by atoms with Gasteiger partial charge in [-0.3, -0.25) is 4.79 Å². The van der Waals surface area contributed by atoms with Gasteiger partial charge in [0.15, 0.2) is 0 Å². The Morgan fingerprint density at radius 1 is 1.62 bits per heavy atom. The van der Waals surface area contributed by atoms with Crippen LogP contribution in [-0.2, 0) is 4.79 Å². The Labute approximate surface area is 47.5 Å². The van der Waals surface area contributed by atoms with E-state index in [0.717, 1.165) is 12.8 Å². The van der Waals surface area contributed by atoms with Crippen molar-refractivity contribution < 1.29 is 9.90 Å². The monoisotopic (exact) mass is 112 g/mol. The number of carboxylic acids is 1. The van der Waals surface area contributed by atoms with Crippen LogP contribution in [0.3, 0.4) is 0 Å². The summed E-state index contributed by atoms with van der Waals surface area (Å²) in [7, 11) is 0. The van der Waals surface area contributed by atoms with Gasteiger partial charge in [0.1, 0.15) is 0 Å². The second kappa shape index (κ2) is 0.714. The van der Waals surface area contributed by atoms with Crippen molar-refractivity contribution in [1.82, 2.24) is 0 Å². The highest BCUT2D eigenvalue weighted by Gasteiger charge is 2.84. The zero-order valence-electron chi connectivity index (χ0n) is 4.77. The molecule has 2 fully saturated rings. The van der Waals surface area contributed by atoms with Crippen LogP contribution in [-0.4, -0.2) is 11.1 Å². The molecular weight excluding hydrogens is 104 g/mol. The van der Waals surface area contributed by atoms with Gasteiger partial charge in [-0.2, -0.15) is 0 Å². The normalized spacial score (nSPS) is 57.1. The number of aliphatic carboxylic acids is 1. The van der Waals surface area contributed by atoms with Gasteiger partial charge in [-0.25, -0.2) is 0 Å². The highest BCUT2D eigenvalue weighted by Crippen LogP contribution is 2.85. The third kappa shape index (κ3) is 0.216. The first-order valence-electron chi connectivity index (χ1n) is 2.84. The number of rotatable bonds is 1. The van der Waals surface area contributed by atoms with Gasteiger partial charge < -0.3 is 5.11 Å². The SMILES string of the molecule is CC12CC1(C(=O)O)C2. The Hall–Kier alpha value is -0.530. The summed E-state index contributed by atoms with van der Waals surface area (Å²) in [5.41, 5.74) is 0.00579. The molecule has 0 bridgehead atoms. The van der Waals surface area contributed by atoms with Crippen molar-refractivity contribution in [1.29, 1.82) is 0 Å². The van der Waals surface area contributed by atoms with E-state index in [4.69, 9.17) is 5.11 Å². The van der Waals surface area contributed by atoms with Crippen LogP contribution in [0.25, 0.3) is 0 Å². The highest BCUT2D eigenvalue weighted by molar-refractivity contribution is 5.85. The van der Waals surface area contributed by atoms with Crippen molar-refractivity contribution in [3.8, 4) is 0 Å². The molecule has 2 aliphatic rings. The highest BCUT2D eigenvalue weighted by atomic mass is 16.4. The number of fused-ring (bicyclic) bond motifs is 1. The second-order valence-electron chi connectivity index (χ2n) is 3.30. The van der Waals surface area contributed by atoms with Crippen LogP contribution in [0.4, 0.5) is 0 Å². The molecule has 0 aromatic heterocycles. The molecule has 0 radical (unpaired) electrons. The van der Waals surface area contributed by atoms with Crippen molar-refractivity contribution >= 4 is 5.97 Å². The molecule has 0 saturated heterocycles. The Morgan fingerprint density at radius 2 is 2.00 bits per heavy atom. The average Bonchev–Trinajstić information content (AvgIpc) is 2.22. The molecule has 2 saturated carbocycles. The fraction of sp³-hybridized carbons (Fsp3) is 0.833. The van der Waals surface area contributed by atoms with E-state index in [1.807, 2.05) is 6.92 Å². The van der Waals surface area contributed by atoms with Gasteiger partial charge in [-0.05, 0) is 18.3 Å². The maximum absolute atomic E-state index is 10.3. The van der Waals surface area contributed by atoms with Crippen molar-refractivity contribution in [2.45, 2.75) is 19.8 Å². The van der Waals surface area contributed by atoms with Gasteiger partial charge in [-0.1, -0.05) is 6.92 Å². The van der Waals surface area contributed by atoms with E-state index in [9.17, 15) is 4.79 Å². The lowest BCUT2D eigenvalue weighted by Gasteiger charge is -1.88. The topological polar surface area (TPSA) is 37.3 Å². The lowest BCUT2D eigenvalue weighted by atomic mass is 10.2. The molecule has 2 nitrogen and oxygen atoms in total. The van der Waals surface area contributed by atoms with E-state index < -0.39 is 5.97 Å². The van der Waals surface area contributed by atoms with E-state index in [-0.39, 0.29) is 10.8 Å². The van der Waals surface area contributed by atoms with Crippen molar-refractivity contribution in [3.05, 3.63) is 0 Å². The molecule has 0 amide bonds. The first-order chi connectivity index (χ1) is 3.61. The summed E-state index contributed by atoms with van der Waals surface area (Å²) in [5.74, 6) is -0.583. The third-order valence-corrected chi connectivity index (χ3v) is 2.70. The molecule has 2 rings (SSSR count). The second-order valence-corrected chi connectivity index (χ2v) is 3.30. The number of carbonyl (C=O) groups is 1. The standard InChI is InChI=1S/C6H8O2/c1-5-2-6(5,3-5)4(7)8/h2-3H2,1H3,(H,7,8). The van der Waals surface area contributed by atoms with Gasteiger partial charge >= 0.3 is 5.97 Å². The van der Waals surface area contributed by atoms with Crippen LogP contribution in [0.15, 0.2) is 0 Å². The third-order valence-electron chi connectivity index (χ3n) is 2.70. The molecule has 2 aliphatic carbocycles. The van der Waals surface area contributed by atoms with Crippen molar-refractivity contribution in [2.75, 3.05) is 0 Å². The lowest BCUT2D eigenvalue weighted by molar-refractivity contribution is -0.140. The largest absolute Gasteiger partial charge is 0.481 e. The van der Waals surface area contributed by atoms with Crippen LogP contribution in [0.5, 0.6) is 0 Å². The zero-order chi connectivity index (χ0) is 5.99. The summed E-state index contributed by atoms with van der Waals surface area (Å²) in [6.07, 6.45) is 1.85. The van der Waals surface area contributed by atoms with E-state index in [2.05, 4.69) is 0 Å². The minimum Gasteiger partial charge on any atom is -0.481 e. The maximum atomic E-state index is 10.3. The van der Waals surface area contributed by atoms with Crippen LogP contribution in [0, 0.1) is 10.8 Å². The molecule has 44 valence electrons. The Balaban J connectivity index is 2.24.